The van der Waals surface area contributed by atoms with Crippen molar-refractivity contribution < 1.29 is 18.3 Å². The maximum Gasteiger partial charge on any atom is 0.416 e. The molecule has 29 heavy (non-hydrogen) atoms. The maximum absolute atomic E-state index is 13.0. The first-order chi connectivity index (χ1) is 13.8. The summed E-state index contributed by atoms with van der Waals surface area (Å²) in [5.74, 6) is 0.474. The number of anilines is 3. The van der Waals surface area contributed by atoms with Crippen LogP contribution in [0.15, 0.2) is 41.3 Å². The number of H-pyrrole nitrogens is 1. The van der Waals surface area contributed by atoms with Crippen molar-refractivity contribution in [2.24, 2.45) is 0 Å². The van der Waals surface area contributed by atoms with Gasteiger partial charge in [0.25, 0.3) is 5.56 Å². The van der Waals surface area contributed by atoms with Crippen LogP contribution in [0.25, 0.3) is 10.9 Å². The standard InChI is InChI=1S/C19H18F3N5O2/c20-19(21,22)11-2-1-3-12(10-11)24-16-15-14(4-7-23-17(15)29)25-18(26-16)27-8-5-13(28)6-9-27/h1-4,7,10,13,28H,5-6,8-9H2,(H,23,29)(H,24,25,26). The minimum Gasteiger partial charge on any atom is -0.393 e. The summed E-state index contributed by atoms with van der Waals surface area (Å²) in [5.41, 5.74) is -0.722. The molecule has 3 heterocycles. The van der Waals surface area contributed by atoms with Gasteiger partial charge in [0.2, 0.25) is 5.95 Å². The van der Waals surface area contributed by atoms with Crippen molar-refractivity contribution in [3.63, 3.8) is 0 Å². The van der Waals surface area contributed by atoms with Crippen molar-refractivity contribution in [3.8, 4) is 0 Å². The van der Waals surface area contributed by atoms with E-state index in [1.807, 2.05) is 4.90 Å². The second-order valence-electron chi connectivity index (χ2n) is 6.86. The summed E-state index contributed by atoms with van der Waals surface area (Å²) >= 11 is 0. The molecule has 0 bridgehead atoms. The summed E-state index contributed by atoms with van der Waals surface area (Å²) < 4.78 is 39.1. The average molecular weight is 405 g/mol. The molecule has 1 saturated heterocycles. The van der Waals surface area contributed by atoms with Gasteiger partial charge in [-0.25, -0.2) is 4.98 Å². The van der Waals surface area contributed by atoms with Gasteiger partial charge in [0.15, 0.2) is 0 Å². The molecule has 1 aliphatic heterocycles. The number of aromatic nitrogens is 3. The number of nitrogens with one attached hydrogen (secondary N) is 2. The van der Waals surface area contributed by atoms with Crippen LogP contribution in [0.3, 0.4) is 0 Å². The van der Waals surface area contributed by atoms with E-state index < -0.39 is 17.3 Å². The van der Waals surface area contributed by atoms with E-state index in [0.717, 1.165) is 12.1 Å². The summed E-state index contributed by atoms with van der Waals surface area (Å²) in [6, 6.07) is 6.30. The summed E-state index contributed by atoms with van der Waals surface area (Å²) in [4.78, 5) is 25.6. The molecular weight excluding hydrogens is 387 g/mol. The first-order valence-electron chi connectivity index (χ1n) is 9.08. The fourth-order valence-electron chi connectivity index (χ4n) is 3.29. The quantitative estimate of drug-likeness (QED) is 0.620. The lowest BCUT2D eigenvalue weighted by molar-refractivity contribution is -0.137. The van der Waals surface area contributed by atoms with Crippen LogP contribution in [0.2, 0.25) is 0 Å². The van der Waals surface area contributed by atoms with Crippen molar-refractivity contribution in [1.82, 2.24) is 15.0 Å². The zero-order chi connectivity index (χ0) is 20.6. The Bertz CT molecular complexity index is 1090. The lowest BCUT2D eigenvalue weighted by Crippen LogP contribution is -2.37. The number of hydrogen-bond acceptors (Lipinski definition) is 6. The van der Waals surface area contributed by atoms with Gasteiger partial charge in [0, 0.05) is 25.0 Å². The number of piperidine rings is 1. The van der Waals surface area contributed by atoms with E-state index in [-0.39, 0.29) is 23.0 Å². The van der Waals surface area contributed by atoms with E-state index in [2.05, 4.69) is 20.3 Å². The first-order valence-corrected chi connectivity index (χ1v) is 9.08. The highest BCUT2D eigenvalue weighted by molar-refractivity contribution is 5.91. The van der Waals surface area contributed by atoms with Gasteiger partial charge < -0.3 is 20.3 Å². The Kier molecular flexibility index (Phi) is 4.87. The molecule has 1 fully saturated rings. The monoisotopic (exact) mass is 405 g/mol. The summed E-state index contributed by atoms with van der Waals surface area (Å²) in [7, 11) is 0. The normalized spacial score (nSPS) is 15.7. The summed E-state index contributed by atoms with van der Waals surface area (Å²) in [6.07, 6.45) is -2.28. The molecule has 0 unspecified atom stereocenters. The number of alkyl halides is 3. The molecule has 1 aliphatic rings. The number of hydrogen-bond donors (Lipinski definition) is 3. The second-order valence-corrected chi connectivity index (χ2v) is 6.86. The fraction of sp³-hybridized carbons (Fsp3) is 0.316. The van der Waals surface area contributed by atoms with E-state index in [1.54, 1.807) is 6.07 Å². The van der Waals surface area contributed by atoms with Crippen molar-refractivity contribution in [2.75, 3.05) is 23.3 Å². The Morgan fingerprint density at radius 1 is 1.17 bits per heavy atom. The smallest absolute Gasteiger partial charge is 0.393 e. The van der Waals surface area contributed by atoms with Crippen LogP contribution in [0, 0.1) is 0 Å². The van der Waals surface area contributed by atoms with Crippen LogP contribution < -0.4 is 15.8 Å². The molecule has 3 aromatic rings. The van der Waals surface area contributed by atoms with Crippen LogP contribution in [-0.2, 0) is 6.18 Å². The largest absolute Gasteiger partial charge is 0.416 e. The summed E-state index contributed by atoms with van der Waals surface area (Å²) in [5, 5.41) is 12.7. The number of aliphatic hydroxyl groups excluding tert-OH is 1. The molecule has 0 saturated carbocycles. The van der Waals surface area contributed by atoms with Crippen molar-refractivity contribution >= 4 is 28.4 Å². The molecule has 2 aromatic heterocycles. The average Bonchev–Trinajstić information content (AvgIpc) is 2.68. The highest BCUT2D eigenvalue weighted by Gasteiger charge is 2.30. The third kappa shape index (κ3) is 4.02. The third-order valence-corrected chi connectivity index (χ3v) is 4.81. The Morgan fingerprint density at radius 2 is 1.93 bits per heavy atom. The molecule has 0 spiro atoms. The SMILES string of the molecule is O=c1[nH]ccc2nc(N3CCC(O)CC3)nc(Nc3cccc(C(F)(F)F)c3)c12. The molecule has 3 N–H and O–H groups in total. The van der Waals surface area contributed by atoms with Crippen molar-refractivity contribution in [1.29, 1.82) is 0 Å². The predicted octanol–water partition coefficient (Wildman–Crippen LogP) is 3.04. The zero-order valence-electron chi connectivity index (χ0n) is 15.2. The lowest BCUT2D eigenvalue weighted by atomic mass is 10.1. The molecule has 7 nitrogen and oxygen atoms in total. The predicted molar refractivity (Wildman–Crippen MR) is 102 cm³/mol. The number of rotatable bonds is 3. The summed E-state index contributed by atoms with van der Waals surface area (Å²) in [6.45, 7) is 1.08. The lowest BCUT2D eigenvalue weighted by Gasteiger charge is -2.30. The number of aromatic amines is 1. The van der Waals surface area contributed by atoms with E-state index in [9.17, 15) is 23.1 Å². The first kappa shape index (κ1) is 19.2. The number of aliphatic hydroxyl groups is 1. The highest BCUT2D eigenvalue weighted by atomic mass is 19.4. The Labute approximate surface area is 163 Å². The van der Waals surface area contributed by atoms with Gasteiger partial charge in [0.05, 0.1) is 17.2 Å². The molecule has 0 radical (unpaired) electrons. The van der Waals surface area contributed by atoms with Crippen LogP contribution in [-0.4, -0.2) is 39.3 Å². The van der Waals surface area contributed by atoms with Crippen LogP contribution in [0.1, 0.15) is 18.4 Å². The minimum atomic E-state index is -4.48. The number of fused-ring (bicyclic) bond motifs is 1. The fourth-order valence-corrected chi connectivity index (χ4v) is 3.29. The maximum atomic E-state index is 13.0. The van der Waals surface area contributed by atoms with Gasteiger partial charge in [-0.15, -0.1) is 0 Å². The van der Waals surface area contributed by atoms with E-state index >= 15 is 0 Å². The third-order valence-electron chi connectivity index (χ3n) is 4.81. The Morgan fingerprint density at radius 3 is 2.66 bits per heavy atom. The minimum absolute atomic E-state index is 0.122. The number of pyridine rings is 1. The Balaban J connectivity index is 1.77. The van der Waals surface area contributed by atoms with Gasteiger partial charge in [-0.2, -0.15) is 18.2 Å². The van der Waals surface area contributed by atoms with Crippen LogP contribution >= 0.6 is 0 Å². The number of benzene rings is 1. The number of nitrogens with zero attached hydrogens (tertiary/aromatic N) is 3. The molecule has 0 aliphatic carbocycles. The molecule has 152 valence electrons. The Hall–Kier alpha value is -3.14. The van der Waals surface area contributed by atoms with Crippen molar-refractivity contribution in [2.45, 2.75) is 25.1 Å². The number of halogens is 3. The molecular formula is C19H18F3N5O2. The van der Waals surface area contributed by atoms with Gasteiger partial charge in [0.1, 0.15) is 11.2 Å². The molecule has 4 rings (SSSR count). The zero-order valence-corrected chi connectivity index (χ0v) is 15.2. The van der Waals surface area contributed by atoms with Gasteiger partial charge in [-0.3, -0.25) is 4.79 Å². The van der Waals surface area contributed by atoms with Crippen LogP contribution in [0.5, 0.6) is 0 Å². The van der Waals surface area contributed by atoms with Gasteiger partial charge in [-0.1, -0.05) is 6.07 Å². The van der Waals surface area contributed by atoms with E-state index in [4.69, 9.17) is 0 Å². The molecule has 0 amide bonds. The second kappa shape index (κ2) is 7.36. The van der Waals surface area contributed by atoms with Crippen LogP contribution in [0.4, 0.5) is 30.6 Å². The highest BCUT2D eigenvalue weighted by Crippen LogP contribution is 2.32. The molecule has 0 atom stereocenters. The molecule has 1 aromatic carbocycles. The molecule has 10 heteroatoms. The van der Waals surface area contributed by atoms with Gasteiger partial charge in [-0.05, 0) is 37.1 Å². The van der Waals surface area contributed by atoms with Gasteiger partial charge >= 0.3 is 6.18 Å². The topological polar surface area (TPSA) is 94.1 Å². The van der Waals surface area contributed by atoms with Crippen molar-refractivity contribution in [3.05, 3.63) is 52.4 Å². The van der Waals surface area contributed by atoms with E-state index in [0.29, 0.717) is 37.4 Å². The van der Waals surface area contributed by atoms with E-state index in [1.165, 1.54) is 18.3 Å².